The third-order valence-corrected chi connectivity index (χ3v) is 1.64. The Hall–Kier alpha value is -0.610. The van der Waals surface area contributed by atoms with Gasteiger partial charge in [-0.3, -0.25) is 4.79 Å². The van der Waals surface area contributed by atoms with Gasteiger partial charge in [-0.1, -0.05) is 6.42 Å². The standard InChI is InChI=1S/C9H20N2O2/c1-8(12)7-11-9(13)5-3-2-4-6-10/h8,12H,2-7,10H2,1H3,(H,11,13)/i1D. The number of nitrogens with two attached hydrogens (primary N) is 1. The van der Waals surface area contributed by atoms with Crippen molar-refractivity contribution in [1.82, 2.24) is 5.32 Å². The molecule has 0 rings (SSSR count). The fourth-order valence-corrected chi connectivity index (χ4v) is 0.927. The summed E-state index contributed by atoms with van der Waals surface area (Å²) in [6.07, 6.45) is 2.47. The van der Waals surface area contributed by atoms with E-state index in [1.165, 1.54) is 0 Å². The van der Waals surface area contributed by atoms with Gasteiger partial charge in [-0.2, -0.15) is 0 Å². The molecule has 1 amide bonds. The van der Waals surface area contributed by atoms with Gasteiger partial charge < -0.3 is 16.2 Å². The summed E-state index contributed by atoms with van der Waals surface area (Å²) in [4.78, 5) is 11.1. The molecule has 0 fully saturated rings. The first-order chi connectivity index (χ1) is 6.70. The van der Waals surface area contributed by atoms with E-state index in [1.807, 2.05) is 0 Å². The fourth-order valence-electron chi connectivity index (χ4n) is 0.927. The molecule has 4 nitrogen and oxygen atoms in total. The smallest absolute Gasteiger partial charge is 0.220 e. The van der Waals surface area contributed by atoms with Crippen molar-refractivity contribution >= 4 is 5.91 Å². The van der Waals surface area contributed by atoms with Crippen molar-refractivity contribution in [2.24, 2.45) is 5.73 Å². The van der Waals surface area contributed by atoms with E-state index in [9.17, 15) is 4.79 Å². The second kappa shape index (κ2) is 8.01. The zero-order chi connectivity index (χ0) is 10.8. The molecule has 0 aliphatic heterocycles. The molecule has 0 aliphatic carbocycles. The Morgan fingerprint density at radius 3 is 3.00 bits per heavy atom. The summed E-state index contributed by atoms with van der Waals surface area (Å²) < 4.78 is 6.83. The first-order valence-corrected chi connectivity index (χ1v) is 4.64. The van der Waals surface area contributed by atoms with E-state index in [2.05, 4.69) is 5.32 Å². The summed E-state index contributed by atoms with van der Waals surface area (Å²) in [7, 11) is 0. The van der Waals surface area contributed by atoms with Crippen LogP contribution >= 0.6 is 0 Å². The third kappa shape index (κ3) is 9.30. The number of unbranched alkanes of at least 4 members (excludes halogenated alkanes) is 2. The molecule has 1 atom stereocenters. The van der Waals surface area contributed by atoms with Gasteiger partial charge in [0.2, 0.25) is 5.91 Å². The summed E-state index contributed by atoms with van der Waals surface area (Å²) >= 11 is 0. The summed E-state index contributed by atoms with van der Waals surface area (Å²) in [5.74, 6) is -0.0606. The van der Waals surface area contributed by atoms with Crippen molar-refractivity contribution in [3.8, 4) is 0 Å². The Kier molecular flexibility index (Phi) is 6.45. The Balaban J connectivity index is 3.28. The zero-order valence-electron chi connectivity index (χ0n) is 8.96. The first-order valence-electron chi connectivity index (χ1n) is 5.35. The molecule has 4 heteroatoms. The Labute approximate surface area is 80.9 Å². The lowest BCUT2D eigenvalue weighted by Gasteiger charge is -2.06. The molecule has 4 N–H and O–H groups in total. The minimum absolute atomic E-state index is 0.0606. The number of nitrogens with one attached hydrogen (secondary N) is 1. The maximum Gasteiger partial charge on any atom is 0.220 e. The molecule has 0 saturated carbocycles. The van der Waals surface area contributed by atoms with E-state index in [4.69, 9.17) is 12.2 Å². The topological polar surface area (TPSA) is 75.3 Å². The fraction of sp³-hybridized carbons (Fsp3) is 0.889. The first kappa shape index (κ1) is 10.5. The second-order valence-corrected chi connectivity index (χ2v) is 3.06. The summed E-state index contributed by atoms with van der Waals surface area (Å²) in [5, 5.41) is 11.6. The maximum absolute atomic E-state index is 11.1. The van der Waals surface area contributed by atoms with Gasteiger partial charge in [0.1, 0.15) is 0 Å². The van der Waals surface area contributed by atoms with Gasteiger partial charge in [-0.15, -0.1) is 0 Å². The molecule has 0 radical (unpaired) electrons. The minimum Gasteiger partial charge on any atom is -0.392 e. The number of rotatable bonds is 7. The summed E-state index contributed by atoms with van der Waals surface area (Å²) in [6.45, 7) is 0.770. The van der Waals surface area contributed by atoms with E-state index >= 15 is 0 Å². The number of hydrogen-bond acceptors (Lipinski definition) is 3. The van der Waals surface area contributed by atoms with Crippen LogP contribution in [0, 0.1) is 0 Å². The van der Waals surface area contributed by atoms with E-state index < -0.39 is 6.10 Å². The predicted octanol–water partition coefficient (Wildman–Crippen LogP) is 0.00250. The third-order valence-electron chi connectivity index (χ3n) is 1.64. The average Bonchev–Trinajstić information content (AvgIpc) is 2.21. The van der Waals surface area contributed by atoms with Crippen LogP contribution in [0.25, 0.3) is 0 Å². The van der Waals surface area contributed by atoms with E-state index in [0.717, 1.165) is 19.3 Å². The predicted molar refractivity (Wildman–Crippen MR) is 52.2 cm³/mol. The van der Waals surface area contributed by atoms with Crippen LogP contribution in [0.1, 0.15) is 34.0 Å². The Bertz CT molecular complexity index is 156. The molecule has 0 bridgehead atoms. The number of amides is 1. The molecule has 0 aliphatic rings. The molecular weight excluding hydrogens is 168 g/mol. The van der Waals surface area contributed by atoms with Crippen LogP contribution in [-0.4, -0.2) is 30.2 Å². The number of aliphatic hydroxyl groups excluding tert-OH is 1. The molecule has 1 unspecified atom stereocenters. The highest BCUT2D eigenvalue weighted by atomic mass is 16.3. The summed E-state index contributed by atoms with van der Waals surface area (Å²) in [6, 6.07) is 0. The van der Waals surface area contributed by atoms with Crippen LogP contribution in [0.3, 0.4) is 0 Å². The van der Waals surface area contributed by atoms with Gasteiger partial charge in [0.05, 0.1) is 6.10 Å². The molecule has 0 heterocycles. The van der Waals surface area contributed by atoms with Gasteiger partial charge >= 0.3 is 0 Å². The van der Waals surface area contributed by atoms with Crippen molar-refractivity contribution in [3.63, 3.8) is 0 Å². The highest BCUT2D eigenvalue weighted by Gasteiger charge is 2.01. The lowest BCUT2D eigenvalue weighted by atomic mass is 10.2. The highest BCUT2D eigenvalue weighted by Crippen LogP contribution is 1.97. The molecule has 0 aromatic heterocycles. The van der Waals surface area contributed by atoms with Crippen molar-refractivity contribution < 1.29 is 11.3 Å². The Morgan fingerprint density at radius 1 is 1.62 bits per heavy atom. The van der Waals surface area contributed by atoms with E-state index in [-0.39, 0.29) is 19.4 Å². The monoisotopic (exact) mass is 189 g/mol. The van der Waals surface area contributed by atoms with E-state index in [1.54, 1.807) is 0 Å². The summed E-state index contributed by atoms with van der Waals surface area (Å²) in [5.41, 5.74) is 5.31. The normalized spacial score (nSPS) is 13.5. The van der Waals surface area contributed by atoms with Gasteiger partial charge in [0.15, 0.2) is 0 Å². The minimum atomic E-state index is -0.747. The maximum atomic E-state index is 11.1. The van der Waals surface area contributed by atoms with E-state index in [0.29, 0.717) is 13.0 Å². The van der Waals surface area contributed by atoms with Crippen LogP contribution in [0.2, 0.25) is 0 Å². The van der Waals surface area contributed by atoms with Crippen molar-refractivity contribution in [2.45, 2.75) is 38.7 Å². The number of carbonyl (C=O) groups excluding carboxylic acids is 1. The van der Waals surface area contributed by atoms with Gasteiger partial charge in [-0.05, 0) is 26.3 Å². The molecule has 0 aromatic carbocycles. The number of carbonyl (C=O) groups is 1. The number of hydrogen-bond donors (Lipinski definition) is 3. The lowest BCUT2D eigenvalue weighted by molar-refractivity contribution is -0.121. The van der Waals surface area contributed by atoms with Crippen molar-refractivity contribution in [3.05, 3.63) is 0 Å². The van der Waals surface area contributed by atoms with Gasteiger partial charge in [-0.25, -0.2) is 0 Å². The molecular formula is C9H20N2O2. The van der Waals surface area contributed by atoms with Gasteiger partial charge in [0.25, 0.3) is 0 Å². The average molecular weight is 189 g/mol. The lowest BCUT2D eigenvalue weighted by Crippen LogP contribution is -2.30. The second-order valence-electron chi connectivity index (χ2n) is 3.06. The molecule has 0 spiro atoms. The van der Waals surface area contributed by atoms with Crippen molar-refractivity contribution in [1.29, 1.82) is 0 Å². The van der Waals surface area contributed by atoms with Crippen LogP contribution in [0.4, 0.5) is 0 Å². The van der Waals surface area contributed by atoms with Crippen LogP contribution < -0.4 is 11.1 Å². The molecule has 0 saturated heterocycles. The largest absolute Gasteiger partial charge is 0.392 e. The highest BCUT2D eigenvalue weighted by molar-refractivity contribution is 5.75. The van der Waals surface area contributed by atoms with Crippen LogP contribution in [0.5, 0.6) is 0 Å². The Morgan fingerprint density at radius 2 is 2.38 bits per heavy atom. The van der Waals surface area contributed by atoms with Crippen LogP contribution in [0.15, 0.2) is 0 Å². The van der Waals surface area contributed by atoms with Gasteiger partial charge in [0, 0.05) is 14.3 Å². The molecule has 78 valence electrons. The van der Waals surface area contributed by atoms with Crippen LogP contribution in [-0.2, 0) is 4.79 Å². The SMILES string of the molecule is [2H]CC(O)CNC(=O)CCCCCN. The number of aliphatic hydroxyl groups is 1. The molecule has 13 heavy (non-hydrogen) atoms. The van der Waals surface area contributed by atoms with Crippen molar-refractivity contribution in [2.75, 3.05) is 13.1 Å². The molecule has 0 aromatic rings. The zero-order valence-corrected chi connectivity index (χ0v) is 7.96. The quantitative estimate of drug-likeness (QED) is 0.493.